The minimum absolute atomic E-state index is 0.363. The number of carbonyl (C=O) groups excluding carboxylic acids is 1. The van der Waals surface area contributed by atoms with Crippen LogP contribution in [0.25, 0.3) is 0 Å². The summed E-state index contributed by atoms with van der Waals surface area (Å²) in [7, 11) is 1.05. The molecule has 5 nitrogen and oxygen atoms in total. The van der Waals surface area contributed by atoms with Gasteiger partial charge in [-0.25, -0.2) is 9.18 Å². The van der Waals surface area contributed by atoms with Gasteiger partial charge in [-0.3, -0.25) is 10.1 Å². The van der Waals surface area contributed by atoms with E-state index in [2.05, 4.69) is 4.74 Å². The van der Waals surface area contributed by atoms with Crippen molar-refractivity contribution in [3.8, 4) is 11.8 Å². The normalized spacial score (nSPS) is 9.12. The van der Waals surface area contributed by atoms with Gasteiger partial charge in [-0.1, -0.05) is 0 Å². The molecule has 0 aliphatic carbocycles. The van der Waals surface area contributed by atoms with Crippen LogP contribution in [-0.2, 0) is 9.53 Å². The predicted molar refractivity (Wildman–Crippen MR) is 51.9 cm³/mol. The second-order valence-electron chi connectivity index (χ2n) is 2.78. The fourth-order valence-corrected chi connectivity index (χ4v) is 1.02. The maximum atomic E-state index is 13.1. The van der Waals surface area contributed by atoms with E-state index in [-0.39, 0.29) is 0 Å². The second-order valence-corrected chi connectivity index (χ2v) is 2.78. The highest BCUT2D eigenvalue weighted by Gasteiger charge is 2.20. The summed E-state index contributed by atoms with van der Waals surface area (Å²) >= 11 is 0. The van der Waals surface area contributed by atoms with E-state index in [1.165, 1.54) is 0 Å². The van der Waals surface area contributed by atoms with Gasteiger partial charge in [0, 0.05) is 12.0 Å². The molecule has 0 atom stereocenters. The summed E-state index contributed by atoms with van der Waals surface area (Å²) in [4.78, 5) is 20.2. The van der Waals surface area contributed by atoms with Crippen molar-refractivity contribution in [3.05, 3.63) is 39.4 Å². The van der Waals surface area contributed by atoms with Gasteiger partial charge in [0.2, 0.25) is 5.82 Å². The first-order chi connectivity index (χ1) is 7.95. The molecule has 0 radical (unpaired) electrons. The number of nitrogens with zero attached hydrogens (tertiary/aromatic N) is 1. The molecule has 0 saturated heterocycles. The predicted octanol–water partition coefficient (Wildman–Crippen LogP) is 1.40. The number of carbonyl (C=O) groups is 1. The zero-order valence-corrected chi connectivity index (χ0v) is 8.49. The molecule has 0 unspecified atom stereocenters. The third-order valence-electron chi connectivity index (χ3n) is 1.70. The molecular weight excluding hydrogens is 236 g/mol. The highest BCUT2D eigenvalue weighted by Crippen LogP contribution is 2.23. The lowest BCUT2D eigenvalue weighted by molar-refractivity contribution is -0.387. The average molecular weight is 241 g/mol. The molecule has 0 bridgehead atoms. The molecule has 1 aromatic rings. The van der Waals surface area contributed by atoms with E-state index < -0.39 is 33.8 Å². The lowest BCUT2D eigenvalue weighted by atomic mass is 10.1. The molecule has 0 N–H and O–H groups in total. The van der Waals surface area contributed by atoms with Gasteiger partial charge < -0.3 is 4.74 Å². The third-order valence-corrected chi connectivity index (χ3v) is 1.70. The van der Waals surface area contributed by atoms with E-state index in [4.69, 9.17) is 0 Å². The Kier molecular flexibility index (Phi) is 3.72. The van der Waals surface area contributed by atoms with Crippen molar-refractivity contribution in [3.63, 3.8) is 0 Å². The number of methoxy groups -OCH3 is 1. The highest BCUT2D eigenvalue weighted by atomic mass is 19.1. The van der Waals surface area contributed by atoms with Crippen LogP contribution in [0, 0.1) is 33.6 Å². The molecule has 17 heavy (non-hydrogen) atoms. The number of hydrogen-bond donors (Lipinski definition) is 0. The summed E-state index contributed by atoms with van der Waals surface area (Å²) in [6.07, 6.45) is 0. The molecule has 7 heteroatoms. The van der Waals surface area contributed by atoms with Crippen LogP contribution in [0.5, 0.6) is 0 Å². The van der Waals surface area contributed by atoms with Crippen LogP contribution in [0.4, 0.5) is 14.5 Å². The van der Waals surface area contributed by atoms with Crippen molar-refractivity contribution in [2.24, 2.45) is 0 Å². The Morgan fingerprint density at radius 2 is 2.12 bits per heavy atom. The molecule has 0 amide bonds. The maximum Gasteiger partial charge on any atom is 0.384 e. The van der Waals surface area contributed by atoms with Crippen LogP contribution in [0.3, 0.4) is 0 Å². The van der Waals surface area contributed by atoms with Crippen LogP contribution in [-0.4, -0.2) is 18.0 Å². The molecule has 0 fully saturated rings. The van der Waals surface area contributed by atoms with E-state index >= 15 is 0 Å². The Morgan fingerprint density at radius 1 is 1.47 bits per heavy atom. The zero-order chi connectivity index (χ0) is 13.0. The number of esters is 1. The number of ether oxygens (including phenoxy) is 1. The molecule has 1 aromatic carbocycles. The average Bonchev–Trinajstić information content (AvgIpc) is 2.24. The van der Waals surface area contributed by atoms with Gasteiger partial charge in [-0.15, -0.1) is 0 Å². The van der Waals surface area contributed by atoms with Gasteiger partial charge in [0.1, 0.15) is 11.4 Å². The molecule has 0 saturated carbocycles. The Labute approximate surface area is 94.1 Å². The quantitative estimate of drug-likeness (QED) is 0.322. The van der Waals surface area contributed by atoms with Gasteiger partial charge in [-0.2, -0.15) is 4.39 Å². The molecular formula is C10H5F2NO4. The number of nitro groups is 1. The number of rotatable bonds is 1. The molecule has 88 valence electrons. The lowest BCUT2D eigenvalue weighted by Crippen LogP contribution is -1.99. The van der Waals surface area contributed by atoms with Crippen molar-refractivity contribution in [2.45, 2.75) is 0 Å². The van der Waals surface area contributed by atoms with Gasteiger partial charge in [-0.05, 0) is 12.0 Å². The Morgan fingerprint density at radius 3 is 2.65 bits per heavy atom. The van der Waals surface area contributed by atoms with Crippen molar-refractivity contribution in [1.82, 2.24) is 0 Å². The minimum atomic E-state index is -1.36. The minimum Gasteiger partial charge on any atom is -0.459 e. The topological polar surface area (TPSA) is 69.4 Å². The maximum absolute atomic E-state index is 13.1. The number of halogens is 2. The van der Waals surface area contributed by atoms with E-state index in [0.717, 1.165) is 7.11 Å². The summed E-state index contributed by atoms with van der Waals surface area (Å²) in [5.41, 5.74) is -1.51. The van der Waals surface area contributed by atoms with Crippen LogP contribution in [0.2, 0.25) is 0 Å². The number of hydrogen-bond acceptors (Lipinski definition) is 4. The Bertz CT molecular complexity index is 545. The number of nitro benzene ring substituents is 1. The molecule has 0 aliphatic rings. The third kappa shape index (κ3) is 2.98. The monoisotopic (exact) mass is 241 g/mol. The first-order valence-electron chi connectivity index (χ1n) is 4.19. The zero-order valence-electron chi connectivity index (χ0n) is 8.49. The Hall–Kier alpha value is -2.49. The van der Waals surface area contributed by atoms with E-state index in [9.17, 15) is 23.7 Å². The summed E-state index contributed by atoms with van der Waals surface area (Å²) in [6, 6.07) is 1.03. The fourth-order valence-electron chi connectivity index (χ4n) is 1.02. The molecule has 1 rings (SSSR count). The van der Waals surface area contributed by atoms with E-state index in [1.54, 1.807) is 0 Å². The van der Waals surface area contributed by atoms with Gasteiger partial charge >= 0.3 is 11.7 Å². The van der Waals surface area contributed by atoms with Gasteiger partial charge in [0.15, 0.2) is 0 Å². The van der Waals surface area contributed by atoms with Crippen molar-refractivity contribution in [2.75, 3.05) is 7.11 Å². The van der Waals surface area contributed by atoms with Crippen molar-refractivity contribution >= 4 is 11.7 Å². The number of benzene rings is 1. The first-order valence-corrected chi connectivity index (χ1v) is 4.19. The summed E-state index contributed by atoms with van der Waals surface area (Å²) in [6.45, 7) is 0. The van der Waals surface area contributed by atoms with E-state index in [0.29, 0.717) is 12.1 Å². The van der Waals surface area contributed by atoms with Gasteiger partial charge in [0.05, 0.1) is 12.0 Å². The molecule has 0 aliphatic heterocycles. The molecule has 0 aromatic heterocycles. The fraction of sp³-hybridized carbons (Fsp3) is 0.100. The van der Waals surface area contributed by atoms with Crippen LogP contribution in [0.15, 0.2) is 12.1 Å². The van der Waals surface area contributed by atoms with Crippen LogP contribution < -0.4 is 0 Å². The molecule has 0 spiro atoms. The van der Waals surface area contributed by atoms with Crippen LogP contribution >= 0.6 is 0 Å². The highest BCUT2D eigenvalue weighted by molar-refractivity contribution is 5.89. The SMILES string of the molecule is COC(=O)C#Cc1cc(F)cc(F)c1[N+](=O)[O-]. The Balaban J connectivity index is 3.34. The standard InChI is InChI=1S/C10H5F2NO4/c1-17-9(14)3-2-6-4-7(11)5-8(12)10(6)13(15)16/h4-5H,1H3. The smallest absolute Gasteiger partial charge is 0.384 e. The first kappa shape index (κ1) is 12.6. The summed E-state index contributed by atoms with van der Waals surface area (Å²) in [5.74, 6) is 0.479. The molecule has 0 heterocycles. The lowest BCUT2D eigenvalue weighted by Gasteiger charge is -1.97. The summed E-state index contributed by atoms with van der Waals surface area (Å²) in [5, 5.41) is 10.5. The summed E-state index contributed by atoms with van der Waals surface area (Å²) < 4.78 is 30.1. The van der Waals surface area contributed by atoms with Crippen molar-refractivity contribution < 1.29 is 23.2 Å². The van der Waals surface area contributed by atoms with Crippen LogP contribution in [0.1, 0.15) is 5.56 Å². The van der Waals surface area contributed by atoms with Gasteiger partial charge in [0.25, 0.3) is 0 Å². The largest absolute Gasteiger partial charge is 0.459 e. The van der Waals surface area contributed by atoms with E-state index in [1.807, 2.05) is 11.8 Å². The second kappa shape index (κ2) is 5.03. The van der Waals surface area contributed by atoms with Crippen molar-refractivity contribution in [1.29, 1.82) is 0 Å².